The lowest BCUT2D eigenvalue weighted by Crippen LogP contribution is -2.40. The molecule has 0 bridgehead atoms. The highest BCUT2D eigenvalue weighted by molar-refractivity contribution is 7.07. The van der Waals surface area contributed by atoms with E-state index in [1.165, 1.54) is 18.4 Å². The average Bonchev–Trinajstić information content (AvgIpc) is 3.45. The summed E-state index contributed by atoms with van der Waals surface area (Å²) in [6, 6.07) is 16.4. The molecule has 3 heterocycles. The van der Waals surface area contributed by atoms with E-state index in [1.54, 1.807) is 30.5 Å². The summed E-state index contributed by atoms with van der Waals surface area (Å²) in [4.78, 5) is 46.3. The van der Waals surface area contributed by atoms with Gasteiger partial charge < -0.3 is 18.9 Å². The molecule has 43 heavy (non-hydrogen) atoms. The summed E-state index contributed by atoms with van der Waals surface area (Å²) in [5, 5.41) is 0. The number of aryl methyl sites for hydroxylation is 1. The number of anilines is 1. The molecule has 1 atom stereocenters. The number of rotatable bonds is 7. The summed E-state index contributed by atoms with van der Waals surface area (Å²) < 4.78 is 14.4. The number of methoxy groups -OCH3 is 1. The second-order valence-electron chi connectivity index (χ2n) is 10.5. The zero-order valence-electron chi connectivity index (χ0n) is 25.3. The molecule has 0 spiro atoms. The summed E-state index contributed by atoms with van der Waals surface area (Å²) in [6.07, 6.45) is 1.88. The fourth-order valence-corrected chi connectivity index (χ4v) is 6.44. The predicted molar refractivity (Wildman–Crippen MR) is 168 cm³/mol. The molecular formula is C33H34N4O5S. The summed E-state index contributed by atoms with van der Waals surface area (Å²) in [5.74, 6) is -0.877. The van der Waals surface area contributed by atoms with Gasteiger partial charge in [-0.25, -0.2) is 14.6 Å². The molecule has 0 aliphatic carbocycles. The van der Waals surface area contributed by atoms with Crippen LogP contribution >= 0.6 is 11.3 Å². The number of aromatic nitrogens is 2. The SMILES string of the molecule is CCOC(=O)C1=C(C)N=c2s/c(=C/c3cc(C)n(-c4ccc(C(=O)OC)cc4)c3C)c(=O)n2[C@H]1c1ccc(N(C)C)cc1. The molecule has 1 aliphatic heterocycles. The van der Waals surface area contributed by atoms with Crippen molar-refractivity contribution in [3.05, 3.63) is 114 Å². The van der Waals surface area contributed by atoms with Crippen molar-refractivity contribution < 1.29 is 19.1 Å². The van der Waals surface area contributed by atoms with Gasteiger partial charge in [-0.3, -0.25) is 9.36 Å². The molecule has 0 saturated carbocycles. The number of thiazole rings is 1. The van der Waals surface area contributed by atoms with E-state index in [0.29, 0.717) is 26.2 Å². The molecule has 0 unspecified atom stereocenters. The lowest BCUT2D eigenvalue weighted by Gasteiger charge is -2.25. The molecule has 222 valence electrons. The second kappa shape index (κ2) is 11.9. The maximum atomic E-state index is 14.1. The first-order valence-electron chi connectivity index (χ1n) is 13.9. The molecule has 2 aromatic carbocycles. The zero-order valence-corrected chi connectivity index (χ0v) is 26.1. The van der Waals surface area contributed by atoms with Gasteiger partial charge in [0.15, 0.2) is 4.80 Å². The molecule has 0 radical (unpaired) electrons. The number of allylic oxidation sites excluding steroid dienone is 1. The topological polar surface area (TPSA) is 95.1 Å². The van der Waals surface area contributed by atoms with Crippen LogP contribution in [0.4, 0.5) is 5.69 Å². The smallest absolute Gasteiger partial charge is 0.338 e. The first kappa shape index (κ1) is 29.8. The van der Waals surface area contributed by atoms with E-state index < -0.39 is 18.0 Å². The minimum atomic E-state index is -0.672. The number of fused-ring (bicyclic) bond motifs is 1. The molecule has 0 saturated heterocycles. The van der Waals surface area contributed by atoms with Crippen LogP contribution in [-0.2, 0) is 14.3 Å². The molecular weight excluding hydrogens is 564 g/mol. The fourth-order valence-electron chi connectivity index (χ4n) is 5.40. The molecule has 0 amide bonds. The average molecular weight is 599 g/mol. The summed E-state index contributed by atoms with van der Waals surface area (Å²) in [6.45, 7) is 7.74. The zero-order chi connectivity index (χ0) is 31.0. The van der Waals surface area contributed by atoms with Crippen molar-refractivity contribution in [1.29, 1.82) is 0 Å². The fraction of sp³-hybridized carbons (Fsp3) is 0.273. The third kappa shape index (κ3) is 5.46. The lowest BCUT2D eigenvalue weighted by atomic mass is 9.95. The largest absolute Gasteiger partial charge is 0.465 e. The van der Waals surface area contributed by atoms with Crippen molar-refractivity contribution in [2.45, 2.75) is 33.7 Å². The van der Waals surface area contributed by atoms with E-state index >= 15 is 0 Å². The van der Waals surface area contributed by atoms with Crippen LogP contribution in [0.3, 0.4) is 0 Å². The van der Waals surface area contributed by atoms with Gasteiger partial charge in [-0.1, -0.05) is 23.5 Å². The first-order valence-corrected chi connectivity index (χ1v) is 14.7. The standard InChI is InChI=1S/C33H34N4O5S/c1-8-42-32(40)28-20(3)34-33-37(29(28)22-9-13-25(14-10-22)35(5)6)30(38)27(43-33)18-24-17-19(2)36(21(24)4)26-15-11-23(12-16-26)31(39)41-7/h9-18,29H,8H2,1-7H3/b27-18+/t29-/m0/s1. The highest BCUT2D eigenvalue weighted by Gasteiger charge is 2.33. The molecule has 9 nitrogen and oxygen atoms in total. The molecule has 2 aromatic heterocycles. The first-order chi connectivity index (χ1) is 20.5. The van der Waals surface area contributed by atoms with Gasteiger partial charge in [-0.15, -0.1) is 0 Å². The van der Waals surface area contributed by atoms with E-state index in [2.05, 4.69) is 9.56 Å². The Kier molecular flexibility index (Phi) is 8.23. The van der Waals surface area contributed by atoms with E-state index in [-0.39, 0.29) is 12.2 Å². The van der Waals surface area contributed by atoms with Crippen molar-refractivity contribution in [3.63, 3.8) is 0 Å². The normalized spacial score (nSPS) is 14.8. The van der Waals surface area contributed by atoms with Crippen LogP contribution in [0.15, 0.2) is 75.7 Å². The summed E-state index contributed by atoms with van der Waals surface area (Å²) in [7, 11) is 5.27. The van der Waals surface area contributed by atoms with Crippen LogP contribution < -0.4 is 19.8 Å². The highest BCUT2D eigenvalue weighted by atomic mass is 32.1. The maximum absolute atomic E-state index is 14.1. The van der Waals surface area contributed by atoms with Crippen molar-refractivity contribution in [1.82, 2.24) is 9.13 Å². The number of esters is 2. The molecule has 5 rings (SSSR count). The maximum Gasteiger partial charge on any atom is 0.338 e. The van der Waals surface area contributed by atoms with Gasteiger partial charge in [-0.05, 0) is 87.4 Å². The number of hydrogen-bond acceptors (Lipinski definition) is 8. The molecule has 10 heteroatoms. The molecule has 4 aromatic rings. The number of hydrogen-bond donors (Lipinski definition) is 0. The highest BCUT2D eigenvalue weighted by Crippen LogP contribution is 2.31. The van der Waals surface area contributed by atoms with Crippen LogP contribution in [-0.4, -0.2) is 48.9 Å². The number of nitrogens with zero attached hydrogens (tertiary/aromatic N) is 4. The van der Waals surface area contributed by atoms with Gasteiger partial charge in [-0.2, -0.15) is 0 Å². The molecule has 0 N–H and O–H groups in total. The van der Waals surface area contributed by atoms with E-state index in [1.807, 2.05) is 81.4 Å². The van der Waals surface area contributed by atoms with Gasteiger partial charge in [0.1, 0.15) is 0 Å². The Morgan fingerprint density at radius 1 is 1.02 bits per heavy atom. The Morgan fingerprint density at radius 3 is 2.30 bits per heavy atom. The van der Waals surface area contributed by atoms with Gasteiger partial charge in [0.05, 0.1) is 41.1 Å². The van der Waals surface area contributed by atoms with Crippen LogP contribution in [0.2, 0.25) is 0 Å². The van der Waals surface area contributed by atoms with Crippen LogP contribution in [0.5, 0.6) is 0 Å². The van der Waals surface area contributed by atoms with Gasteiger partial charge in [0, 0.05) is 36.9 Å². The van der Waals surface area contributed by atoms with E-state index in [0.717, 1.165) is 33.9 Å². The van der Waals surface area contributed by atoms with Gasteiger partial charge in [0.25, 0.3) is 5.56 Å². The predicted octanol–water partition coefficient (Wildman–Crippen LogP) is 4.06. The van der Waals surface area contributed by atoms with Gasteiger partial charge in [0.2, 0.25) is 0 Å². The third-order valence-electron chi connectivity index (χ3n) is 7.55. The minimum Gasteiger partial charge on any atom is -0.465 e. The number of ether oxygens (including phenoxy) is 2. The molecule has 0 fully saturated rings. The Bertz CT molecular complexity index is 1930. The van der Waals surface area contributed by atoms with Crippen molar-refractivity contribution in [3.8, 4) is 5.69 Å². The number of carbonyl (C=O) groups is 2. The Hall–Kier alpha value is -4.70. The molecule has 1 aliphatic rings. The monoisotopic (exact) mass is 598 g/mol. The number of benzene rings is 2. The van der Waals surface area contributed by atoms with E-state index in [9.17, 15) is 14.4 Å². The third-order valence-corrected chi connectivity index (χ3v) is 8.53. The Morgan fingerprint density at radius 2 is 1.70 bits per heavy atom. The lowest BCUT2D eigenvalue weighted by molar-refractivity contribution is -0.139. The summed E-state index contributed by atoms with van der Waals surface area (Å²) >= 11 is 1.29. The second-order valence-corrected chi connectivity index (χ2v) is 11.5. The quantitative estimate of drug-likeness (QED) is 0.298. The van der Waals surface area contributed by atoms with Crippen LogP contribution in [0, 0.1) is 13.8 Å². The van der Waals surface area contributed by atoms with Crippen molar-refractivity contribution in [2.24, 2.45) is 4.99 Å². The number of carbonyl (C=O) groups excluding carboxylic acids is 2. The Labute approximate surface area is 253 Å². The van der Waals surface area contributed by atoms with Gasteiger partial charge >= 0.3 is 11.9 Å². The van der Waals surface area contributed by atoms with E-state index in [4.69, 9.17) is 9.47 Å². The van der Waals surface area contributed by atoms with Crippen molar-refractivity contribution in [2.75, 3.05) is 32.7 Å². The summed E-state index contributed by atoms with van der Waals surface area (Å²) in [5.41, 5.74) is 6.61. The van der Waals surface area contributed by atoms with Crippen molar-refractivity contribution >= 4 is 35.0 Å². The van der Waals surface area contributed by atoms with Crippen LogP contribution in [0.25, 0.3) is 11.8 Å². The minimum absolute atomic E-state index is 0.216. The Balaban J connectivity index is 1.63. The van der Waals surface area contributed by atoms with Crippen LogP contribution in [0.1, 0.15) is 52.8 Å².